The van der Waals surface area contributed by atoms with E-state index < -0.39 is 0 Å². The molecule has 28 heavy (non-hydrogen) atoms. The number of methoxy groups -OCH3 is 1. The van der Waals surface area contributed by atoms with Gasteiger partial charge in [-0.05, 0) is 36.4 Å². The van der Waals surface area contributed by atoms with E-state index in [1.54, 1.807) is 43.8 Å². The quantitative estimate of drug-likeness (QED) is 0.552. The first kappa shape index (κ1) is 17.5. The number of para-hydroxylation sites is 2. The molecular weight excluding hydrogens is 354 g/mol. The summed E-state index contributed by atoms with van der Waals surface area (Å²) in [5.41, 5.74) is 2.25. The van der Waals surface area contributed by atoms with Gasteiger partial charge in [0.15, 0.2) is 11.5 Å². The maximum absolute atomic E-state index is 13.0. The number of ether oxygens (including phenoxy) is 1. The molecule has 0 fully saturated rings. The lowest BCUT2D eigenvalue weighted by atomic mass is 10.1. The van der Waals surface area contributed by atoms with Gasteiger partial charge in [0, 0.05) is 23.5 Å². The Morgan fingerprint density at radius 2 is 1.64 bits per heavy atom. The van der Waals surface area contributed by atoms with Crippen molar-refractivity contribution in [2.45, 2.75) is 0 Å². The molecule has 0 unspecified atom stereocenters. The lowest BCUT2D eigenvalue weighted by Gasteiger charge is -2.09. The van der Waals surface area contributed by atoms with Crippen LogP contribution in [0.3, 0.4) is 0 Å². The largest absolute Gasteiger partial charge is 0.495 e. The summed E-state index contributed by atoms with van der Waals surface area (Å²) in [6.07, 6.45) is 3.28. The second kappa shape index (κ2) is 7.75. The third-order valence-electron chi connectivity index (χ3n) is 4.16. The Bertz CT molecular complexity index is 1090. The maximum Gasteiger partial charge on any atom is 0.278 e. The average molecular weight is 371 g/mol. The molecule has 0 atom stereocenters. The van der Waals surface area contributed by atoms with E-state index in [-0.39, 0.29) is 11.6 Å². The van der Waals surface area contributed by atoms with Gasteiger partial charge in [-0.1, -0.05) is 30.3 Å². The molecule has 6 nitrogen and oxygen atoms in total. The Labute approximate surface area is 161 Å². The minimum Gasteiger partial charge on any atom is -0.495 e. The zero-order chi connectivity index (χ0) is 19.3. The third kappa shape index (κ3) is 3.48. The molecule has 0 radical (unpaired) electrons. The molecule has 0 aliphatic carbocycles. The van der Waals surface area contributed by atoms with Crippen LogP contribution in [0.15, 0.2) is 83.5 Å². The van der Waals surface area contributed by atoms with Crippen molar-refractivity contribution in [2.24, 2.45) is 0 Å². The second-order valence-corrected chi connectivity index (χ2v) is 5.95. The number of aromatic nitrogens is 2. The molecule has 0 aliphatic heterocycles. The summed E-state index contributed by atoms with van der Waals surface area (Å²) >= 11 is 0. The van der Waals surface area contributed by atoms with Crippen molar-refractivity contribution in [3.63, 3.8) is 0 Å². The summed E-state index contributed by atoms with van der Waals surface area (Å²) < 4.78 is 11.3. The fourth-order valence-electron chi connectivity index (χ4n) is 2.81. The second-order valence-electron chi connectivity index (χ2n) is 5.95. The number of hydrogen-bond acceptors (Lipinski definition) is 5. The first-order chi connectivity index (χ1) is 13.8. The highest BCUT2D eigenvalue weighted by Gasteiger charge is 2.23. The van der Waals surface area contributed by atoms with E-state index in [0.29, 0.717) is 23.1 Å². The molecule has 2 aromatic carbocycles. The van der Waals surface area contributed by atoms with Crippen molar-refractivity contribution >= 4 is 11.6 Å². The Hall–Kier alpha value is -3.93. The Kier molecular flexibility index (Phi) is 4.84. The third-order valence-corrected chi connectivity index (χ3v) is 4.16. The number of benzene rings is 2. The molecule has 6 heteroatoms. The van der Waals surface area contributed by atoms with Gasteiger partial charge < -0.3 is 14.5 Å². The normalized spacial score (nSPS) is 10.5. The smallest absolute Gasteiger partial charge is 0.278 e. The van der Waals surface area contributed by atoms with Crippen LogP contribution in [0.4, 0.5) is 5.69 Å². The molecule has 4 rings (SSSR count). The molecule has 0 bridgehead atoms. The summed E-state index contributed by atoms with van der Waals surface area (Å²) in [5.74, 6) is 0.932. The van der Waals surface area contributed by atoms with Crippen LogP contribution in [0.5, 0.6) is 5.75 Å². The minimum absolute atomic E-state index is 0.191. The summed E-state index contributed by atoms with van der Waals surface area (Å²) in [7, 11) is 1.55. The number of amides is 1. The monoisotopic (exact) mass is 371 g/mol. The van der Waals surface area contributed by atoms with Gasteiger partial charge >= 0.3 is 0 Å². The molecule has 0 spiro atoms. The van der Waals surface area contributed by atoms with Crippen molar-refractivity contribution in [3.05, 3.63) is 84.8 Å². The highest BCUT2D eigenvalue weighted by molar-refractivity contribution is 6.07. The predicted molar refractivity (Wildman–Crippen MR) is 106 cm³/mol. The average Bonchev–Trinajstić information content (AvgIpc) is 3.21. The van der Waals surface area contributed by atoms with Crippen LogP contribution in [0, 0.1) is 0 Å². The van der Waals surface area contributed by atoms with Crippen molar-refractivity contribution in [3.8, 4) is 28.5 Å². The van der Waals surface area contributed by atoms with Gasteiger partial charge in [-0.3, -0.25) is 9.78 Å². The Morgan fingerprint density at radius 1 is 0.929 bits per heavy atom. The molecule has 0 aliphatic rings. The number of nitrogens with zero attached hydrogens (tertiary/aromatic N) is 2. The van der Waals surface area contributed by atoms with E-state index in [2.05, 4.69) is 15.3 Å². The minimum atomic E-state index is -0.387. The zero-order valence-corrected chi connectivity index (χ0v) is 15.1. The van der Waals surface area contributed by atoms with Crippen LogP contribution < -0.4 is 10.1 Å². The Balaban J connectivity index is 1.76. The van der Waals surface area contributed by atoms with Gasteiger partial charge in [-0.15, -0.1) is 0 Å². The molecule has 138 valence electrons. The van der Waals surface area contributed by atoms with Crippen LogP contribution >= 0.6 is 0 Å². The molecule has 2 aromatic heterocycles. The summed E-state index contributed by atoms with van der Waals surface area (Å²) in [5, 5.41) is 2.85. The van der Waals surface area contributed by atoms with Crippen LogP contribution in [0.2, 0.25) is 0 Å². The van der Waals surface area contributed by atoms with E-state index in [0.717, 1.165) is 11.1 Å². The van der Waals surface area contributed by atoms with E-state index >= 15 is 0 Å². The number of carbonyl (C=O) groups is 1. The molecule has 4 aromatic rings. The van der Waals surface area contributed by atoms with Crippen LogP contribution in [-0.2, 0) is 0 Å². The van der Waals surface area contributed by atoms with E-state index in [1.807, 2.05) is 42.5 Å². The highest BCUT2D eigenvalue weighted by atomic mass is 16.5. The van der Waals surface area contributed by atoms with Gasteiger partial charge in [0.25, 0.3) is 5.91 Å². The van der Waals surface area contributed by atoms with Gasteiger partial charge in [-0.25, -0.2) is 4.98 Å². The lowest BCUT2D eigenvalue weighted by Crippen LogP contribution is -2.14. The van der Waals surface area contributed by atoms with Gasteiger partial charge in [0.1, 0.15) is 5.75 Å². The zero-order valence-electron chi connectivity index (χ0n) is 15.1. The first-order valence-electron chi connectivity index (χ1n) is 8.67. The standard InChI is InChI=1S/C22H17N3O3/c1-27-18-10-6-5-9-17(18)24-21(26)19-20(15-11-13-23-14-12-15)28-22(25-19)16-7-3-2-4-8-16/h2-14H,1H3,(H,24,26). The lowest BCUT2D eigenvalue weighted by molar-refractivity contribution is 0.102. The van der Waals surface area contributed by atoms with E-state index in [9.17, 15) is 4.79 Å². The van der Waals surface area contributed by atoms with E-state index in [4.69, 9.17) is 9.15 Å². The Morgan fingerprint density at radius 3 is 2.39 bits per heavy atom. The van der Waals surface area contributed by atoms with Gasteiger partial charge in [-0.2, -0.15) is 0 Å². The highest BCUT2D eigenvalue weighted by Crippen LogP contribution is 2.31. The summed E-state index contributed by atoms with van der Waals surface area (Å²) in [6.45, 7) is 0. The van der Waals surface area contributed by atoms with Crippen LogP contribution in [0.1, 0.15) is 10.5 Å². The fourth-order valence-corrected chi connectivity index (χ4v) is 2.81. The predicted octanol–water partition coefficient (Wildman–Crippen LogP) is 4.66. The first-order valence-corrected chi connectivity index (χ1v) is 8.67. The number of carbonyl (C=O) groups excluding carboxylic acids is 1. The summed E-state index contributed by atoms with van der Waals surface area (Å²) in [4.78, 5) is 21.5. The maximum atomic E-state index is 13.0. The fraction of sp³-hybridized carbons (Fsp3) is 0.0455. The molecule has 0 saturated carbocycles. The van der Waals surface area contributed by atoms with Crippen molar-refractivity contribution in [2.75, 3.05) is 12.4 Å². The van der Waals surface area contributed by atoms with Crippen LogP contribution in [0.25, 0.3) is 22.8 Å². The number of nitrogens with one attached hydrogen (secondary N) is 1. The molecule has 1 N–H and O–H groups in total. The number of oxazole rings is 1. The topological polar surface area (TPSA) is 77.2 Å². The number of rotatable bonds is 5. The number of hydrogen-bond donors (Lipinski definition) is 1. The van der Waals surface area contributed by atoms with E-state index in [1.165, 1.54) is 0 Å². The molecule has 1 amide bonds. The number of pyridine rings is 1. The van der Waals surface area contributed by atoms with Crippen molar-refractivity contribution in [1.29, 1.82) is 0 Å². The molecule has 0 saturated heterocycles. The van der Waals surface area contributed by atoms with Crippen LogP contribution in [-0.4, -0.2) is 23.0 Å². The molecule has 2 heterocycles. The molecular formula is C22H17N3O3. The number of anilines is 1. The van der Waals surface area contributed by atoms with Gasteiger partial charge in [0.05, 0.1) is 12.8 Å². The van der Waals surface area contributed by atoms with Crippen molar-refractivity contribution < 1.29 is 13.9 Å². The summed E-state index contributed by atoms with van der Waals surface area (Å²) in [6, 6.07) is 20.2. The van der Waals surface area contributed by atoms with Crippen molar-refractivity contribution in [1.82, 2.24) is 9.97 Å². The van der Waals surface area contributed by atoms with Gasteiger partial charge in [0.2, 0.25) is 5.89 Å². The SMILES string of the molecule is COc1ccccc1NC(=O)c1nc(-c2ccccc2)oc1-c1ccncc1.